The summed E-state index contributed by atoms with van der Waals surface area (Å²) in [5.41, 5.74) is 2.55. The van der Waals surface area contributed by atoms with Crippen LogP contribution in [0.3, 0.4) is 0 Å². The van der Waals surface area contributed by atoms with Crippen LogP contribution >= 0.6 is 0 Å². The summed E-state index contributed by atoms with van der Waals surface area (Å²) in [6.45, 7) is 12.5. The Balaban J connectivity index is 1.49. The smallest absolute Gasteiger partial charge is 0.0741 e. The second-order valence-corrected chi connectivity index (χ2v) is 8.60. The maximum atomic E-state index is 5.70. The maximum absolute atomic E-state index is 5.70. The van der Waals surface area contributed by atoms with Gasteiger partial charge in [-0.3, -0.25) is 9.88 Å². The van der Waals surface area contributed by atoms with Gasteiger partial charge in [0.2, 0.25) is 0 Å². The summed E-state index contributed by atoms with van der Waals surface area (Å²) in [7, 11) is 1.85. The second kappa shape index (κ2) is 8.61. The largest absolute Gasteiger partial charge is 0.380 e. The highest BCUT2D eigenvalue weighted by atomic mass is 16.5. The van der Waals surface area contributed by atoms with E-state index in [4.69, 9.17) is 9.72 Å². The van der Waals surface area contributed by atoms with Gasteiger partial charge in [-0.05, 0) is 55.3 Å². The van der Waals surface area contributed by atoms with Gasteiger partial charge in [-0.1, -0.05) is 26.8 Å². The molecule has 2 saturated heterocycles. The minimum absolute atomic E-state index is 0.370. The van der Waals surface area contributed by atoms with Gasteiger partial charge in [0.1, 0.15) is 0 Å². The number of hydrogen-bond donors (Lipinski definition) is 1. The summed E-state index contributed by atoms with van der Waals surface area (Å²) in [6, 6.07) is 4.50. The molecule has 2 aliphatic heterocycles. The molecule has 2 fully saturated rings. The fraction of sp³-hybridized carbons (Fsp3) is 0.762. The molecular weight excluding hydrogens is 310 g/mol. The average molecular weight is 346 g/mol. The number of ether oxygens (including phenoxy) is 1. The molecule has 3 rings (SSSR count). The fourth-order valence-electron chi connectivity index (χ4n) is 4.35. The number of pyridine rings is 1. The van der Waals surface area contributed by atoms with Gasteiger partial charge in [0.25, 0.3) is 0 Å². The lowest BCUT2D eigenvalue weighted by Gasteiger charge is -2.29. The van der Waals surface area contributed by atoms with E-state index in [9.17, 15) is 0 Å². The van der Waals surface area contributed by atoms with Crippen LogP contribution in [0.2, 0.25) is 0 Å². The lowest BCUT2D eigenvalue weighted by molar-refractivity contribution is 0.0636. The van der Waals surface area contributed by atoms with Crippen LogP contribution in [0.4, 0.5) is 0 Å². The number of nitrogens with zero attached hydrogens (tertiary/aromatic N) is 2. The zero-order valence-corrected chi connectivity index (χ0v) is 16.4. The molecule has 4 nitrogen and oxygen atoms in total. The number of nitrogens with one attached hydrogen (secondary N) is 1. The van der Waals surface area contributed by atoms with Crippen molar-refractivity contribution in [2.45, 2.75) is 46.3 Å². The van der Waals surface area contributed by atoms with Crippen molar-refractivity contribution in [2.24, 2.45) is 23.7 Å². The molecule has 1 N–H and O–H groups in total. The van der Waals surface area contributed by atoms with E-state index < -0.39 is 0 Å². The first-order valence-electron chi connectivity index (χ1n) is 9.94. The van der Waals surface area contributed by atoms with Gasteiger partial charge in [-0.15, -0.1) is 0 Å². The average Bonchev–Trinajstić information content (AvgIpc) is 2.96. The molecule has 3 unspecified atom stereocenters. The maximum Gasteiger partial charge on any atom is 0.0741 e. The third-order valence-electron chi connectivity index (χ3n) is 6.00. The van der Waals surface area contributed by atoms with Crippen molar-refractivity contribution in [1.29, 1.82) is 0 Å². The normalized spacial score (nSPS) is 26.1. The summed E-state index contributed by atoms with van der Waals surface area (Å²) in [5, 5.41) is 3.36. The zero-order chi connectivity index (χ0) is 17.8. The van der Waals surface area contributed by atoms with Crippen LogP contribution in [0.1, 0.15) is 38.4 Å². The summed E-state index contributed by atoms with van der Waals surface area (Å²) < 4.78 is 5.70. The van der Waals surface area contributed by atoms with E-state index in [0.717, 1.165) is 37.9 Å². The molecule has 2 aliphatic rings. The molecule has 0 bridgehead atoms. The van der Waals surface area contributed by atoms with Crippen LogP contribution in [0.5, 0.6) is 0 Å². The molecule has 0 amide bonds. The lowest BCUT2D eigenvalue weighted by Crippen LogP contribution is -2.42. The molecule has 140 valence electrons. The number of likely N-dealkylation sites (tertiary alicyclic amines) is 1. The molecule has 0 saturated carbocycles. The topological polar surface area (TPSA) is 37.4 Å². The highest BCUT2D eigenvalue weighted by Gasteiger charge is 2.34. The second-order valence-electron chi connectivity index (χ2n) is 8.60. The summed E-state index contributed by atoms with van der Waals surface area (Å²) in [5.74, 6) is 2.91. The van der Waals surface area contributed by atoms with Gasteiger partial charge < -0.3 is 10.1 Å². The van der Waals surface area contributed by atoms with Crippen LogP contribution < -0.4 is 5.32 Å². The van der Waals surface area contributed by atoms with Crippen LogP contribution in [0.15, 0.2) is 18.3 Å². The van der Waals surface area contributed by atoms with E-state index in [-0.39, 0.29) is 0 Å². The highest BCUT2D eigenvalue weighted by molar-refractivity contribution is 5.15. The first-order valence-corrected chi connectivity index (χ1v) is 9.94. The molecular formula is C21H35N3O. The SMILES string of the molecule is COC1CN(Cc2ccc(CC(C)CC3CNC3)nc2)CC1C(C)C. The van der Waals surface area contributed by atoms with Gasteiger partial charge in [0.05, 0.1) is 6.10 Å². The lowest BCUT2D eigenvalue weighted by atomic mass is 9.89. The summed E-state index contributed by atoms with van der Waals surface area (Å²) >= 11 is 0. The van der Waals surface area contributed by atoms with E-state index in [0.29, 0.717) is 17.9 Å². The molecule has 0 radical (unpaired) electrons. The molecule has 0 aliphatic carbocycles. The highest BCUT2D eigenvalue weighted by Crippen LogP contribution is 2.27. The van der Waals surface area contributed by atoms with Crippen LogP contribution in [-0.2, 0) is 17.7 Å². The third-order valence-corrected chi connectivity index (χ3v) is 6.00. The van der Waals surface area contributed by atoms with Crippen molar-refractivity contribution in [2.75, 3.05) is 33.3 Å². The quantitative estimate of drug-likeness (QED) is 0.786. The van der Waals surface area contributed by atoms with Crippen molar-refractivity contribution in [3.05, 3.63) is 29.6 Å². The van der Waals surface area contributed by atoms with Crippen LogP contribution in [-0.4, -0.2) is 49.3 Å². The standard InChI is InChI=1S/C21H35N3O/c1-15(2)20-13-24(14-21(20)25-4)12-17-5-6-19(23-11-17)8-16(3)7-18-9-22-10-18/h5-6,11,15-16,18,20-22H,7-10,12-14H2,1-4H3. The molecule has 3 atom stereocenters. The molecule has 25 heavy (non-hydrogen) atoms. The zero-order valence-electron chi connectivity index (χ0n) is 16.4. The number of methoxy groups -OCH3 is 1. The monoisotopic (exact) mass is 345 g/mol. The predicted octanol–water partition coefficient (Wildman–Crippen LogP) is 2.97. The molecule has 0 spiro atoms. The summed E-state index contributed by atoms with van der Waals surface area (Å²) in [6.07, 6.45) is 4.87. The van der Waals surface area contributed by atoms with Gasteiger partial charge in [-0.25, -0.2) is 0 Å². The van der Waals surface area contributed by atoms with Crippen LogP contribution in [0, 0.1) is 23.7 Å². The Kier molecular flexibility index (Phi) is 6.48. The van der Waals surface area contributed by atoms with Gasteiger partial charge >= 0.3 is 0 Å². The Labute approximate surface area is 153 Å². The third kappa shape index (κ3) is 5.02. The number of rotatable bonds is 8. The van der Waals surface area contributed by atoms with Gasteiger partial charge in [0, 0.05) is 44.6 Å². The first-order chi connectivity index (χ1) is 12.0. The first kappa shape index (κ1) is 18.8. The fourth-order valence-corrected chi connectivity index (χ4v) is 4.35. The Bertz CT molecular complexity index is 526. The number of aromatic nitrogens is 1. The van der Waals surface area contributed by atoms with Crippen molar-refractivity contribution in [3.8, 4) is 0 Å². The van der Waals surface area contributed by atoms with Crippen molar-refractivity contribution in [1.82, 2.24) is 15.2 Å². The van der Waals surface area contributed by atoms with E-state index in [1.165, 1.54) is 30.8 Å². The Morgan fingerprint density at radius 3 is 2.56 bits per heavy atom. The minimum atomic E-state index is 0.370. The Morgan fingerprint density at radius 1 is 1.24 bits per heavy atom. The Hall–Kier alpha value is -0.970. The van der Waals surface area contributed by atoms with Gasteiger partial charge in [0.15, 0.2) is 0 Å². The van der Waals surface area contributed by atoms with E-state index in [1.807, 2.05) is 7.11 Å². The summed E-state index contributed by atoms with van der Waals surface area (Å²) in [4.78, 5) is 7.25. The van der Waals surface area contributed by atoms with E-state index in [2.05, 4.69) is 49.3 Å². The van der Waals surface area contributed by atoms with Crippen molar-refractivity contribution < 1.29 is 4.74 Å². The Morgan fingerprint density at radius 2 is 2.04 bits per heavy atom. The van der Waals surface area contributed by atoms with Crippen LogP contribution in [0.25, 0.3) is 0 Å². The molecule has 1 aromatic rings. The number of hydrogen-bond acceptors (Lipinski definition) is 4. The van der Waals surface area contributed by atoms with Gasteiger partial charge in [-0.2, -0.15) is 0 Å². The molecule has 0 aromatic carbocycles. The molecule has 3 heterocycles. The van der Waals surface area contributed by atoms with Crippen molar-refractivity contribution >= 4 is 0 Å². The molecule has 4 heteroatoms. The van der Waals surface area contributed by atoms with E-state index >= 15 is 0 Å². The minimum Gasteiger partial charge on any atom is -0.380 e. The molecule has 1 aromatic heterocycles. The van der Waals surface area contributed by atoms with E-state index in [1.54, 1.807) is 0 Å². The van der Waals surface area contributed by atoms with Crippen molar-refractivity contribution in [3.63, 3.8) is 0 Å². The predicted molar refractivity (Wildman–Crippen MR) is 102 cm³/mol.